The second kappa shape index (κ2) is 5.72. The summed E-state index contributed by atoms with van der Waals surface area (Å²) in [7, 11) is 0. The van der Waals surface area contributed by atoms with Gasteiger partial charge in [0, 0.05) is 30.7 Å². The van der Waals surface area contributed by atoms with Crippen LogP contribution in [-0.4, -0.2) is 29.4 Å². The van der Waals surface area contributed by atoms with Gasteiger partial charge in [-0.1, -0.05) is 5.11 Å². The second-order valence-electron chi connectivity index (χ2n) is 3.10. The third kappa shape index (κ3) is 3.25. The molecule has 0 aromatic carbocycles. The van der Waals surface area contributed by atoms with Gasteiger partial charge in [0.05, 0.1) is 0 Å². The summed E-state index contributed by atoms with van der Waals surface area (Å²) < 4.78 is 0. The molecule has 1 saturated heterocycles. The van der Waals surface area contributed by atoms with Gasteiger partial charge in [-0.15, -0.1) is 5.06 Å². The lowest BCUT2D eigenvalue weighted by molar-refractivity contribution is -0.197. The monoisotopic (exact) mass is 226 g/mol. The van der Waals surface area contributed by atoms with Gasteiger partial charge in [0.2, 0.25) is 0 Å². The molecule has 86 valence electrons. The zero-order valence-corrected chi connectivity index (χ0v) is 8.46. The molecule has 8 nitrogen and oxygen atoms in total. The van der Waals surface area contributed by atoms with Crippen LogP contribution >= 0.6 is 0 Å². The first-order chi connectivity index (χ1) is 7.65. The maximum absolute atomic E-state index is 11.2. The van der Waals surface area contributed by atoms with E-state index in [4.69, 9.17) is 5.53 Å². The van der Waals surface area contributed by atoms with Crippen molar-refractivity contribution in [3.05, 3.63) is 10.4 Å². The Balaban J connectivity index is 2.31. The average molecular weight is 226 g/mol. The first-order valence-electron chi connectivity index (χ1n) is 4.72. The van der Waals surface area contributed by atoms with Crippen molar-refractivity contribution < 1.29 is 19.2 Å². The van der Waals surface area contributed by atoms with Crippen LogP contribution in [0.2, 0.25) is 0 Å². The quantitative estimate of drug-likeness (QED) is 0.225. The van der Waals surface area contributed by atoms with Crippen molar-refractivity contribution in [1.82, 2.24) is 5.06 Å². The summed E-state index contributed by atoms with van der Waals surface area (Å²) in [6, 6.07) is 0. The van der Waals surface area contributed by atoms with Crippen molar-refractivity contribution in [2.24, 2.45) is 5.11 Å². The molecule has 0 N–H and O–H groups in total. The molecule has 1 aliphatic rings. The number of carbonyl (C=O) groups excluding carboxylic acids is 3. The van der Waals surface area contributed by atoms with Crippen molar-refractivity contribution in [1.29, 1.82) is 0 Å². The fraction of sp³-hybridized carbons (Fsp3) is 0.625. The van der Waals surface area contributed by atoms with Crippen LogP contribution in [-0.2, 0) is 19.2 Å². The van der Waals surface area contributed by atoms with Crippen LogP contribution in [0.1, 0.15) is 25.7 Å². The van der Waals surface area contributed by atoms with Gasteiger partial charge in [-0.2, -0.15) is 0 Å². The third-order valence-electron chi connectivity index (χ3n) is 1.90. The van der Waals surface area contributed by atoms with Crippen LogP contribution in [0, 0.1) is 0 Å². The van der Waals surface area contributed by atoms with Crippen LogP contribution in [0.3, 0.4) is 0 Å². The molecule has 0 bridgehead atoms. The zero-order chi connectivity index (χ0) is 12.0. The van der Waals surface area contributed by atoms with Crippen LogP contribution in [0.4, 0.5) is 0 Å². The molecule has 0 saturated carbocycles. The summed E-state index contributed by atoms with van der Waals surface area (Å²) in [6.45, 7) is 0.174. The maximum Gasteiger partial charge on any atom is 0.333 e. The van der Waals surface area contributed by atoms with Crippen molar-refractivity contribution >= 4 is 17.8 Å². The molecule has 16 heavy (non-hydrogen) atoms. The van der Waals surface area contributed by atoms with E-state index in [-0.39, 0.29) is 25.8 Å². The van der Waals surface area contributed by atoms with E-state index in [2.05, 4.69) is 14.9 Å². The van der Waals surface area contributed by atoms with Crippen LogP contribution in [0.15, 0.2) is 5.11 Å². The van der Waals surface area contributed by atoms with Crippen molar-refractivity contribution in [3.8, 4) is 0 Å². The third-order valence-corrected chi connectivity index (χ3v) is 1.90. The molecule has 8 heteroatoms. The highest BCUT2D eigenvalue weighted by Crippen LogP contribution is 2.12. The Hall–Kier alpha value is -2.08. The lowest BCUT2D eigenvalue weighted by Crippen LogP contribution is -2.32. The van der Waals surface area contributed by atoms with Gasteiger partial charge in [-0.25, -0.2) is 4.79 Å². The number of imide groups is 1. The number of nitrogens with zero attached hydrogens (tertiary/aromatic N) is 4. The minimum Gasteiger partial charge on any atom is -0.330 e. The number of hydrogen-bond acceptors (Lipinski definition) is 5. The van der Waals surface area contributed by atoms with Gasteiger partial charge in [-0.3, -0.25) is 9.59 Å². The van der Waals surface area contributed by atoms with Crippen molar-refractivity contribution in [2.45, 2.75) is 25.7 Å². The van der Waals surface area contributed by atoms with Crippen molar-refractivity contribution in [3.63, 3.8) is 0 Å². The normalized spacial score (nSPS) is 14.9. The molecule has 0 aromatic heterocycles. The molecule has 0 aromatic rings. The Labute approximate surface area is 90.7 Å². The molecule has 0 unspecified atom stereocenters. The summed E-state index contributed by atoms with van der Waals surface area (Å²) in [5.41, 5.74) is 7.98. The minimum absolute atomic E-state index is 0.00389. The summed E-state index contributed by atoms with van der Waals surface area (Å²) in [5.74, 6) is -1.70. The summed E-state index contributed by atoms with van der Waals surface area (Å²) in [5, 5.41) is 3.73. The zero-order valence-electron chi connectivity index (χ0n) is 8.46. The molecule has 0 spiro atoms. The molecule has 2 amide bonds. The molecular weight excluding hydrogens is 216 g/mol. The summed E-state index contributed by atoms with van der Waals surface area (Å²) in [6.07, 6.45) is 0.463. The van der Waals surface area contributed by atoms with E-state index in [1.54, 1.807) is 0 Å². The summed E-state index contributed by atoms with van der Waals surface area (Å²) in [4.78, 5) is 40.4. The van der Waals surface area contributed by atoms with Gasteiger partial charge >= 0.3 is 5.97 Å². The maximum atomic E-state index is 11.2. The molecule has 1 fully saturated rings. The van der Waals surface area contributed by atoms with Crippen LogP contribution in [0.5, 0.6) is 0 Å². The standard InChI is InChI=1S/C8H10N4O4/c9-11-10-5-1-2-8(15)16-12-6(13)3-4-7(12)14/h1-5H2. The second-order valence-corrected chi connectivity index (χ2v) is 3.10. The van der Waals surface area contributed by atoms with E-state index in [1.807, 2.05) is 0 Å². The van der Waals surface area contributed by atoms with E-state index in [0.717, 1.165) is 0 Å². The van der Waals surface area contributed by atoms with Crippen molar-refractivity contribution in [2.75, 3.05) is 6.54 Å². The molecule has 0 aliphatic carbocycles. The Morgan fingerprint density at radius 1 is 1.44 bits per heavy atom. The average Bonchev–Trinajstić information content (AvgIpc) is 2.56. The first-order valence-corrected chi connectivity index (χ1v) is 4.72. The number of hydroxylamine groups is 2. The van der Waals surface area contributed by atoms with E-state index in [0.29, 0.717) is 11.5 Å². The van der Waals surface area contributed by atoms with Gasteiger partial charge in [-0.05, 0) is 12.0 Å². The Morgan fingerprint density at radius 2 is 2.06 bits per heavy atom. The van der Waals surface area contributed by atoms with Gasteiger partial charge in [0.1, 0.15) is 0 Å². The number of carbonyl (C=O) groups is 3. The molecular formula is C8H10N4O4. The van der Waals surface area contributed by atoms with Crippen LogP contribution < -0.4 is 0 Å². The first kappa shape index (κ1) is 12.0. The fourth-order valence-corrected chi connectivity index (χ4v) is 1.14. The Kier molecular flexibility index (Phi) is 4.28. The Bertz CT molecular complexity index is 345. The minimum atomic E-state index is -0.684. The van der Waals surface area contributed by atoms with Gasteiger partial charge in [0.25, 0.3) is 11.8 Å². The topological polar surface area (TPSA) is 112 Å². The Morgan fingerprint density at radius 3 is 2.62 bits per heavy atom. The SMILES string of the molecule is [N-]=[N+]=NCCCC(=O)ON1C(=O)CCC1=O. The van der Waals surface area contributed by atoms with E-state index < -0.39 is 17.8 Å². The lowest BCUT2D eigenvalue weighted by Gasteiger charge is -2.11. The smallest absolute Gasteiger partial charge is 0.330 e. The largest absolute Gasteiger partial charge is 0.333 e. The molecule has 1 rings (SSSR count). The highest BCUT2D eigenvalue weighted by atomic mass is 16.7. The number of hydrogen-bond donors (Lipinski definition) is 0. The van der Waals surface area contributed by atoms with Gasteiger partial charge < -0.3 is 4.84 Å². The van der Waals surface area contributed by atoms with E-state index in [1.165, 1.54) is 0 Å². The van der Waals surface area contributed by atoms with Gasteiger partial charge in [0.15, 0.2) is 0 Å². The van der Waals surface area contributed by atoms with E-state index >= 15 is 0 Å². The highest BCUT2D eigenvalue weighted by Gasteiger charge is 2.32. The fourth-order valence-electron chi connectivity index (χ4n) is 1.14. The number of rotatable bonds is 5. The molecule has 0 atom stereocenters. The highest BCUT2D eigenvalue weighted by molar-refractivity contribution is 6.01. The molecule has 0 radical (unpaired) electrons. The van der Waals surface area contributed by atoms with Crippen LogP contribution in [0.25, 0.3) is 10.4 Å². The van der Waals surface area contributed by atoms with E-state index in [9.17, 15) is 14.4 Å². The number of azide groups is 1. The summed E-state index contributed by atoms with van der Waals surface area (Å²) >= 11 is 0. The molecule has 1 aliphatic heterocycles. The predicted molar refractivity (Wildman–Crippen MR) is 50.4 cm³/mol. The lowest BCUT2D eigenvalue weighted by atomic mass is 10.3. The number of amides is 2. The molecule has 1 heterocycles. The predicted octanol–water partition coefficient (Wildman–Crippen LogP) is 0.684.